The van der Waals surface area contributed by atoms with Crippen molar-refractivity contribution < 1.29 is 23.8 Å². The van der Waals surface area contributed by atoms with Crippen molar-refractivity contribution >= 4 is 11.8 Å². The minimum atomic E-state index is -0.585. The van der Waals surface area contributed by atoms with Gasteiger partial charge in [0.25, 0.3) is 0 Å². The summed E-state index contributed by atoms with van der Waals surface area (Å²) in [5.74, 6) is 0.144. The van der Waals surface area contributed by atoms with Crippen molar-refractivity contribution in [3.63, 3.8) is 0 Å². The Morgan fingerprint density at radius 2 is 1.50 bits per heavy atom. The van der Waals surface area contributed by atoms with Gasteiger partial charge in [0, 0.05) is 5.56 Å². The lowest BCUT2D eigenvalue weighted by Gasteiger charge is -2.14. The Labute approximate surface area is 153 Å². The van der Waals surface area contributed by atoms with Crippen molar-refractivity contribution in [3.8, 4) is 11.5 Å². The SMILES string of the molecule is COc1ccc(C(=O)OCC(=O)c2c(C)cc(C)c(C)c2C)cc1OC. The van der Waals surface area contributed by atoms with Crippen LogP contribution in [0.15, 0.2) is 24.3 Å². The third kappa shape index (κ3) is 3.87. The van der Waals surface area contributed by atoms with Crippen LogP contribution in [0.1, 0.15) is 43.0 Å². The van der Waals surface area contributed by atoms with Crippen molar-refractivity contribution in [2.24, 2.45) is 0 Å². The van der Waals surface area contributed by atoms with Gasteiger partial charge in [0.05, 0.1) is 19.8 Å². The highest BCUT2D eigenvalue weighted by Crippen LogP contribution is 2.28. The molecule has 0 fully saturated rings. The molecule has 0 atom stereocenters. The second-order valence-electron chi connectivity index (χ2n) is 6.20. The van der Waals surface area contributed by atoms with Crippen LogP contribution in [0.4, 0.5) is 0 Å². The van der Waals surface area contributed by atoms with Gasteiger partial charge in [-0.25, -0.2) is 4.79 Å². The summed E-state index contributed by atoms with van der Waals surface area (Å²) in [5, 5.41) is 0. The molecule has 0 aliphatic rings. The largest absolute Gasteiger partial charge is 0.493 e. The van der Waals surface area contributed by atoms with Crippen molar-refractivity contribution in [2.45, 2.75) is 27.7 Å². The van der Waals surface area contributed by atoms with Crippen LogP contribution in [0.2, 0.25) is 0 Å². The highest BCUT2D eigenvalue weighted by Gasteiger charge is 2.18. The highest BCUT2D eigenvalue weighted by atomic mass is 16.5. The normalized spacial score (nSPS) is 10.4. The van der Waals surface area contributed by atoms with Gasteiger partial charge in [-0.05, 0) is 68.1 Å². The van der Waals surface area contributed by atoms with E-state index in [0.717, 1.165) is 22.3 Å². The van der Waals surface area contributed by atoms with Gasteiger partial charge in [-0.1, -0.05) is 6.07 Å². The first-order valence-corrected chi connectivity index (χ1v) is 8.29. The highest BCUT2D eigenvalue weighted by molar-refractivity contribution is 6.02. The maximum atomic E-state index is 12.6. The molecule has 0 spiro atoms. The van der Waals surface area contributed by atoms with Gasteiger partial charge >= 0.3 is 5.97 Å². The number of carbonyl (C=O) groups excluding carboxylic acids is 2. The number of methoxy groups -OCH3 is 2. The van der Waals surface area contributed by atoms with Crippen LogP contribution >= 0.6 is 0 Å². The molecule has 2 rings (SSSR count). The van der Waals surface area contributed by atoms with E-state index in [0.29, 0.717) is 22.6 Å². The fraction of sp³-hybridized carbons (Fsp3) is 0.333. The van der Waals surface area contributed by atoms with E-state index in [1.807, 2.05) is 33.8 Å². The van der Waals surface area contributed by atoms with Crippen molar-refractivity contribution in [1.82, 2.24) is 0 Å². The average molecular weight is 356 g/mol. The predicted octanol–water partition coefficient (Wildman–Crippen LogP) is 3.98. The molecule has 0 saturated carbocycles. The number of carbonyl (C=O) groups is 2. The van der Waals surface area contributed by atoms with Crippen molar-refractivity contribution in [3.05, 3.63) is 57.6 Å². The van der Waals surface area contributed by atoms with E-state index in [-0.39, 0.29) is 12.4 Å². The monoisotopic (exact) mass is 356 g/mol. The lowest BCUT2D eigenvalue weighted by molar-refractivity contribution is 0.0474. The van der Waals surface area contributed by atoms with Gasteiger partial charge < -0.3 is 14.2 Å². The Morgan fingerprint density at radius 1 is 0.846 bits per heavy atom. The zero-order chi connectivity index (χ0) is 19.4. The molecule has 0 radical (unpaired) electrons. The zero-order valence-corrected chi connectivity index (χ0v) is 16.1. The number of ketones is 1. The molecule has 0 N–H and O–H groups in total. The number of hydrogen-bond donors (Lipinski definition) is 0. The quantitative estimate of drug-likeness (QED) is 0.579. The molecule has 26 heavy (non-hydrogen) atoms. The molecule has 5 nitrogen and oxygen atoms in total. The molecular formula is C21H24O5. The fourth-order valence-corrected chi connectivity index (χ4v) is 2.96. The maximum Gasteiger partial charge on any atom is 0.338 e. The summed E-state index contributed by atoms with van der Waals surface area (Å²) in [5.41, 5.74) is 4.94. The second-order valence-corrected chi connectivity index (χ2v) is 6.20. The van der Waals surface area contributed by atoms with E-state index in [1.54, 1.807) is 12.1 Å². The van der Waals surface area contributed by atoms with Crippen molar-refractivity contribution in [1.29, 1.82) is 0 Å². The number of rotatable bonds is 6. The lowest BCUT2D eigenvalue weighted by atomic mass is 9.92. The minimum absolute atomic E-state index is 0.211. The molecule has 2 aromatic carbocycles. The third-order valence-corrected chi connectivity index (χ3v) is 4.59. The molecule has 0 amide bonds. The predicted molar refractivity (Wildman–Crippen MR) is 99.5 cm³/mol. The number of aryl methyl sites for hydroxylation is 2. The fourth-order valence-electron chi connectivity index (χ4n) is 2.96. The topological polar surface area (TPSA) is 61.8 Å². The van der Waals surface area contributed by atoms with Crippen LogP contribution in [-0.4, -0.2) is 32.6 Å². The lowest BCUT2D eigenvalue weighted by Crippen LogP contribution is -2.17. The van der Waals surface area contributed by atoms with Crippen LogP contribution in [0, 0.1) is 27.7 Å². The molecule has 0 aliphatic heterocycles. The molecular weight excluding hydrogens is 332 g/mol. The number of benzene rings is 2. The summed E-state index contributed by atoms with van der Waals surface area (Å²) < 4.78 is 15.5. The van der Waals surface area contributed by atoms with E-state index in [4.69, 9.17) is 14.2 Å². The Balaban J connectivity index is 2.15. The Kier molecular flexibility index (Phi) is 6.03. The molecule has 0 aliphatic carbocycles. The molecule has 0 bridgehead atoms. The number of hydrogen-bond acceptors (Lipinski definition) is 5. The second kappa shape index (κ2) is 8.04. The molecule has 0 aromatic heterocycles. The first-order valence-electron chi connectivity index (χ1n) is 8.29. The van der Waals surface area contributed by atoms with Gasteiger partial charge in [-0.3, -0.25) is 4.79 Å². The van der Waals surface area contributed by atoms with Gasteiger partial charge in [0.15, 0.2) is 18.1 Å². The van der Waals surface area contributed by atoms with Crippen LogP contribution in [0.5, 0.6) is 11.5 Å². The number of Topliss-reactive ketones (excluding diaryl/α,β-unsaturated/α-hetero) is 1. The van der Waals surface area contributed by atoms with E-state index in [1.165, 1.54) is 20.3 Å². The summed E-state index contributed by atoms with van der Waals surface area (Å²) in [6.07, 6.45) is 0. The standard InChI is InChI=1S/C21H24O5/c1-12-9-13(2)20(15(4)14(12)3)17(22)11-26-21(23)16-7-8-18(24-5)19(10-16)25-6/h7-10H,11H2,1-6H3. The molecule has 0 heterocycles. The molecule has 138 valence electrons. The average Bonchev–Trinajstić information content (AvgIpc) is 2.63. The summed E-state index contributed by atoms with van der Waals surface area (Å²) in [4.78, 5) is 24.9. The minimum Gasteiger partial charge on any atom is -0.493 e. The van der Waals surface area contributed by atoms with E-state index in [2.05, 4.69) is 0 Å². The third-order valence-electron chi connectivity index (χ3n) is 4.59. The van der Waals surface area contributed by atoms with Crippen LogP contribution < -0.4 is 9.47 Å². The molecule has 0 saturated heterocycles. The first-order chi connectivity index (χ1) is 12.3. The summed E-state index contributed by atoms with van der Waals surface area (Å²) >= 11 is 0. The van der Waals surface area contributed by atoms with Crippen molar-refractivity contribution in [2.75, 3.05) is 20.8 Å². The Hall–Kier alpha value is -2.82. The number of ether oxygens (including phenoxy) is 3. The van der Waals surface area contributed by atoms with Crippen LogP contribution in [0.25, 0.3) is 0 Å². The van der Waals surface area contributed by atoms with Gasteiger partial charge in [0.2, 0.25) is 5.78 Å². The summed E-state index contributed by atoms with van der Waals surface area (Å²) in [6.45, 7) is 7.50. The molecule has 5 heteroatoms. The van der Waals surface area contributed by atoms with E-state index >= 15 is 0 Å². The smallest absolute Gasteiger partial charge is 0.338 e. The first kappa shape index (κ1) is 19.5. The summed E-state index contributed by atoms with van der Waals surface area (Å²) in [7, 11) is 3.00. The summed E-state index contributed by atoms with van der Waals surface area (Å²) in [6, 6.07) is 6.69. The van der Waals surface area contributed by atoms with Crippen LogP contribution in [0.3, 0.4) is 0 Å². The van der Waals surface area contributed by atoms with Crippen LogP contribution in [-0.2, 0) is 4.74 Å². The van der Waals surface area contributed by atoms with E-state index in [9.17, 15) is 9.59 Å². The van der Waals surface area contributed by atoms with Gasteiger partial charge in [0.1, 0.15) is 0 Å². The van der Waals surface area contributed by atoms with Gasteiger partial charge in [-0.2, -0.15) is 0 Å². The van der Waals surface area contributed by atoms with Gasteiger partial charge in [-0.15, -0.1) is 0 Å². The Bertz CT molecular complexity index is 852. The number of esters is 1. The zero-order valence-electron chi connectivity index (χ0n) is 16.1. The Morgan fingerprint density at radius 3 is 2.12 bits per heavy atom. The molecule has 2 aromatic rings. The maximum absolute atomic E-state index is 12.6. The molecule has 0 unspecified atom stereocenters. The van der Waals surface area contributed by atoms with E-state index < -0.39 is 5.97 Å².